The van der Waals surface area contributed by atoms with Crippen LogP contribution in [-0.4, -0.2) is 67.5 Å². The van der Waals surface area contributed by atoms with Gasteiger partial charge in [-0.15, -0.1) is 0 Å². The SMILES string of the molecule is O=C(O)c1ccccc1.OC(O)COCC(O)O.Oc1cccc(O)c1. The second kappa shape index (κ2) is 13.6. The molecule has 9 heteroatoms. The van der Waals surface area contributed by atoms with Gasteiger partial charge in [-0.25, -0.2) is 4.79 Å². The third kappa shape index (κ3) is 13.7. The smallest absolute Gasteiger partial charge is 0.335 e. The van der Waals surface area contributed by atoms with Crippen molar-refractivity contribution in [1.82, 2.24) is 0 Å². The quantitative estimate of drug-likeness (QED) is 0.361. The van der Waals surface area contributed by atoms with Gasteiger partial charge >= 0.3 is 5.97 Å². The Kier molecular flexibility index (Phi) is 12.2. The number of aliphatic hydroxyl groups excluding tert-OH is 2. The van der Waals surface area contributed by atoms with E-state index in [0.29, 0.717) is 5.56 Å². The molecule has 9 nitrogen and oxygen atoms in total. The first-order valence-electron chi connectivity index (χ1n) is 7.28. The van der Waals surface area contributed by atoms with Gasteiger partial charge in [0.05, 0.1) is 18.8 Å². The Morgan fingerprint density at radius 1 is 0.808 bits per heavy atom. The number of hydrogen-bond donors (Lipinski definition) is 7. The van der Waals surface area contributed by atoms with Crippen LogP contribution in [0.3, 0.4) is 0 Å². The molecule has 0 amide bonds. The molecule has 0 bridgehead atoms. The Labute approximate surface area is 149 Å². The van der Waals surface area contributed by atoms with E-state index in [2.05, 4.69) is 4.74 Å². The highest BCUT2D eigenvalue weighted by atomic mass is 16.6. The number of carboxylic acid groups (broad SMARTS) is 1. The van der Waals surface area contributed by atoms with Gasteiger partial charge in [0, 0.05) is 6.07 Å². The Morgan fingerprint density at radius 3 is 1.54 bits per heavy atom. The molecular weight excluding hydrogens is 348 g/mol. The van der Waals surface area contributed by atoms with Crippen LogP contribution in [0.4, 0.5) is 0 Å². The maximum atomic E-state index is 10.2. The van der Waals surface area contributed by atoms with Crippen molar-refractivity contribution in [2.24, 2.45) is 0 Å². The zero-order valence-electron chi connectivity index (χ0n) is 13.7. The van der Waals surface area contributed by atoms with E-state index >= 15 is 0 Å². The number of phenols is 2. The van der Waals surface area contributed by atoms with Crippen LogP contribution in [0, 0.1) is 0 Å². The number of rotatable bonds is 5. The van der Waals surface area contributed by atoms with Gasteiger partial charge in [-0.05, 0) is 24.3 Å². The van der Waals surface area contributed by atoms with Gasteiger partial charge in [-0.3, -0.25) is 0 Å². The van der Waals surface area contributed by atoms with Crippen LogP contribution in [0.5, 0.6) is 11.5 Å². The van der Waals surface area contributed by atoms with Crippen molar-refractivity contribution in [3.8, 4) is 11.5 Å². The van der Waals surface area contributed by atoms with Crippen molar-refractivity contribution >= 4 is 5.97 Å². The summed E-state index contributed by atoms with van der Waals surface area (Å²) in [5, 5.41) is 58.2. The van der Waals surface area contributed by atoms with E-state index in [1.54, 1.807) is 36.4 Å². The van der Waals surface area contributed by atoms with Crippen molar-refractivity contribution in [2.75, 3.05) is 13.2 Å². The number of phenolic OH excluding ortho intramolecular Hbond substituents is 2. The minimum Gasteiger partial charge on any atom is -0.508 e. The number of aromatic carboxylic acids is 1. The molecule has 2 rings (SSSR count). The lowest BCUT2D eigenvalue weighted by Gasteiger charge is -2.05. The fraction of sp³-hybridized carbons (Fsp3) is 0.235. The van der Waals surface area contributed by atoms with Gasteiger partial charge in [0.1, 0.15) is 11.5 Å². The molecule has 0 radical (unpaired) electrons. The van der Waals surface area contributed by atoms with E-state index in [1.165, 1.54) is 18.2 Å². The van der Waals surface area contributed by atoms with Crippen LogP contribution in [0.25, 0.3) is 0 Å². The molecule has 0 saturated heterocycles. The summed E-state index contributed by atoms with van der Waals surface area (Å²) >= 11 is 0. The molecule has 144 valence electrons. The van der Waals surface area contributed by atoms with Crippen LogP contribution in [0.15, 0.2) is 54.6 Å². The Balaban J connectivity index is 0.000000361. The molecule has 26 heavy (non-hydrogen) atoms. The summed E-state index contributed by atoms with van der Waals surface area (Å²) in [5.41, 5.74) is 0.331. The van der Waals surface area contributed by atoms with Crippen molar-refractivity contribution in [2.45, 2.75) is 12.6 Å². The molecule has 0 aliphatic rings. The normalized spacial score (nSPS) is 9.77. The molecule has 7 N–H and O–H groups in total. The predicted molar refractivity (Wildman–Crippen MR) is 90.4 cm³/mol. The minimum absolute atomic E-state index is 0.0880. The van der Waals surface area contributed by atoms with Crippen molar-refractivity contribution in [3.63, 3.8) is 0 Å². The van der Waals surface area contributed by atoms with E-state index < -0.39 is 18.5 Å². The highest BCUT2D eigenvalue weighted by Crippen LogP contribution is 2.14. The zero-order valence-corrected chi connectivity index (χ0v) is 13.7. The van der Waals surface area contributed by atoms with Crippen molar-refractivity contribution < 1.29 is 45.3 Å². The first-order valence-corrected chi connectivity index (χ1v) is 7.28. The summed E-state index contributed by atoms with van der Waals surface area (Å²) in [4.78, 5) is 10.2. The number of carboxylic acids is 1. The Morgan fingerprint density at radius 2 is 1.27 bits per heavy atom. The number of benzene rings is 2. The molecule has 0 fully saturated rings. The summed E-state index contributed by atoms with van der Waals surface area (Å²) in [6, 6.07) is 14.1. The monoisotopic (exact) mass is 370 g/mol. The highest BCUT2D eigenvalue weighted by Gasteiger charge is 1.99. The van der Waals surface area contributed by atoms with Crippen LogP contribution in [-0.2, 0) is 4.74 Å². The molecule has 0 aliphatic heterocycles. The highest BCUT2D eigenvalue weighted by molar-refractivity contribution is 5.87. The third-order valence-corrected chi connectivity index (χ3v) is 2.38. The van der Waals surface area contributed by atoms with E-state index in [4.69, 9.17) is 35.7 Å². The molecule has 2 aromatic carbocycles. The molecule has 0 atom stereocenters. The Bertz CT molecular complexity index is 589. The average Bonchev–Trinajstić information content (AvgIpc) is 2.56. The van der Waals surface area contributed by atoms with E-state index in [0.717, 1.165) is 0 Å². The molecule has 0 heterocycles. The van der Waals surface area contributed by atoms with E-state index in [1.807, 2.05) is 0 Å². The van der Waals surface area contributed by atoms with Crippen LogP contribution in [0.1, 0.15) is 10.4 Å². The molecule has 0 unspecified atom stereocenters. The fourth-order valence-corrected chi connectivity index (χ4v) is 1.35. The summed E-state index contributed by atoms with van der Waals surface area (Å²) in [6.07, 6.45) is -3.10. The number of aliphatic hydroxyl groups is 4. The summed E-state index contributed by atoms with van der Waals surface area (Å²) in [6.45, 7) is -0.616. The van der Waals surface area contributed by atoms with Crippen LogP contribution >= 0.6 is 0 Å². The molecule has 0 spiro atoms. The number of hydrogen-bond acceptors (Lipinski definition) is 8. The standard InChI is InChI=1S/C7H6O2.C6H6O2.C4H10O5/c8-7(9)6-4-2-1-3-5-6;7-5-2-1-3-6(8)4-5;5-3(6)1-9-2-4(7)8/h1-5H,(H,8,9);1-4,7-8H;3-8H,1-2H2. The van der Waals surface area contributed by atoms with Gasteiger partial charge in [-0.1, -0.05) is 24.3 Å². The predicted octanol–water partition coefficient (Wildman–Crippen LogP) is 0.107. The molecule has 0 aliphatic carbocycles. The number of aromatic hydroxyl groups is 2. The second-order valence-corrected chi connectivity index (χ2v) is 4.69. The first kappa shape index (κ1) is 23.3. The van der Waals surface area contributed by atoms with E-state index in [-0.39, 0.29) is 24.7 Å². The number of ether oxygens (including phenoxy) is 1. The topological polar surface area (TPSA) is 168 Å². The van der Waals surface area contributed by atoms with Gasteiger partial charge in [0.25, 0.3) is 0 Å². The summed E-state index contributed by atoms with van der Waals surface area (Å²) < 4.78 is 4.36. The lowest BCUT2D eigenvalue weighted by molar-refractivity contribution is -0.138. The lowest BCUT2D eigenvalue weighted by atomic mass is 10.2. The zero-order chi connectivity index (χ0) is 19.9. The molecular formula is C17H22O9. The number of carbonyl (C=O) groups is 1. The van der Waals surface area contributed by atoms with Crippen molar-refractivity contribution in [3.05, 3.63) is 60.2 Å². The maximum absolute atomic E-state index is 10.2. The van der Waals surface area contributed by atoms with Crippen LogP contribution < -0.4 is 0 Å². The molecule has 0 aromatic heterocycles. The first-order chi connectivity index (χ1) is 12.2. The lowest BCUT2D eigenvalue weighted by Crippen LogP contribution is -2.20. The van der Waals surface area contributed by atoms with Gasteiger partial charge < -0.3 is 40.5 Å². The molecule has 2 aromatic rings. The largest absolute Gasteiger partial charge is 0.508 e. The third-order valence-electron chi connectivity index (χ3n) is 2.38. The Hall–Kier alpha value is -2.69. The van der Waals surface area contributed by atoms with Crippen molar-refractivity contribution in [1.29, 1.82) is 0 Å². The fourth-order valence-electron chi connectivity index (χ4n) is 1.35. The average molecular weight is 370 g/mol. The second-order valence-electron chi connectivity index (χ2n) is 4.69. The van der Waals surface area contributed by atoms with Gasteiger partial charge in [0.2, 0.25) is 0 Å². The maximum Gasteiger partial charge on any atom is 0.335 e. The van der Waals surface area contributed by atoms with Gasteiger partial charge in [0.15, 0.2) is 12.6 Å². The van der Waals surface area contributed by atoms with Gasteiger partial charge in [-0.2, -0.15) is 0 Å². The van der Waals surface area contributed by atoms with Crippen LogP contribution in [0.2, 0.25) is 0 Å². The molecule has 0 saturated carbocycles. The minimum atomic E-state index is -1.55. The summed E-state index contributed by atoms with van der Waals surface area (Å²) in [7, 11) is 0. The van der Waals surface area contributed by atoms with E-state index in [9.17, 15) is 4.79 Å². The summed E-state index contributed by atoms with van der Waals surface area (Å²) in [5.74, 6) is -0.703.